The zero-order valence-corrected chi connectivity index (χ0v) is 20.1. The summed E-state index contributed by atoms with van der Waals surface area (Å²) in [5.74, 6) is 1.28. The Morgan fingerprint density at radius 1 is 1.16 bits per heavy atom. The van der Waals surface area contributed by atoms with E-state index in [0.29, 0.717) is 18.2 Å². The molecule has 0 spiro atoms. The normalized spacial score (nSPS) is 24.2. The van der Waals surface area contributed by atoms with Gasteiger partial charge in [-0.3, -0.25) is 4.68 Å². The number of rotatable bonds is 7. The SMILES string of the molecule is O=S(=O)(C[C@H]1CCN(c2nn(CC3(CO)CCCC3)c3cc(Cl)ncc23)C1)C1CCCC1. The van der Waals surface area contributed by atoms with Crippen LogP contribution in [0, 0.1) is 11.3 Å². The van der Waals surface area contributed by atoms with Crippen LogP contribution in [0.3, 0.4) is 0 Å². The van der Waals surface area contributed by atoms with E-state index in [2.05, 4.69) is 9.88 Å². The van der Waals surface area contributed by atoms with Crippen LogP contribution >= 0.6 is 11.6 Å². The minimum Gasteiger partial charge on any atom is -0.396 e. The van der Waals surface area contributed by atoms with Crippen molar-refractivity contribution in [3.63, 3.8) is 0 Å². The molecule has 1 saturated heterocycles. The van der Waals surface area contributed by atoms with Gasteiger partial charge in [0.15, 0.2) is 15.7 Å². The highest BCUT2D eigenvalue weighted by Crippen LogP contribution is 2.41. The molecule has 7 nitrogen and oxygen atoms in total. The maximum atomic E-state index is 12.9. The smallest absolute Gasteiger partial charge is 0.160 e. The molecule has 2 aromatic rings. The summed E-state index contributed by atoms with van der Waals surface area (Å²) in [5, 5.41) is 16.3. The van der Waals surface area contributed by atoms with Gasteiger partial charge in [-0.1, -0.05) is 37.3 Å². The molecule has 1 aliphatic heterocycles. The first-order valence-electron chi connectivity index (χ1n) is 12.0. The highest BCUT2D eigenvalue weighted by Gasteiger charge is 2.37. The maximum absolute atomic E-state index is 12.9. The molecule has 2 saturated carbocycles. The number of aliphatic hydroxyl groups is 1. The minimum absolute atomic E-state index is 0.130. The van der Waals surface area contributed by atoms with E-state index in [1.807, 2.05) is 10.7 Å². The average Bonchev–Trinajstić information content (AvgIpc) is 3.56. The van der Waals surface area contributed by atoms with E-state index < -0.39 is 9.84 Å². The number of fused-ring (bicyclic) bond motifs is 1. The second kappa shape index (κ2) is 8.76. The Morgan fingerprint density at radius 2 is 1.91 bits per heavy atom. The number of sulfone groups is 1. The van der Waals surface area contributed by atoms with Crippen molar-refractivity contribution in [2.75, 3.05) is 30.3 Å². The predicted octanol–water partition coefficient (Wildman–Crippen LogP) is 3.82. The molecule has 1 atom stereocenters. The van der Waals surface area contributed by atoms with E-state index in [9.17, 15) is 13.5 Å². The fraction of sp³-hybridized carbons (Fsp3) is 0.739. The summed E-state index contributed by atoms with van der Waals surface area (Å²) in [6.07, 6.45) is 10.6. The molecule has 0 radical (unpaired) electrons. The van der Waals surface area contributed by atoms with E-state index in [1.165, 1.54) is 0 Å². The van der Waals surface area contributed by atoms with Gasteiger partial charge in [0.25, 0.3) is 0 Å². The topological polar surface area (TPSA) is 88.3 Å². The van der Waals surface area contributed by atoms with Crippen LogP contribution in [0.25, 0.3) is 10.9 Å². The van der Waals surface area contributed by atoms with Crippen LogP contribution in [0.5, 0.6) is 0 Å². The summed E-state index contributed by atoms with van der Waals surface area (Å²) in [6.45, 7) is 2.32. The second-order valence-electron chi connectivity index (χ2n) is 10.2. The van der Waals surface area contributed by atoms with Gasteiger partial charge in [-0.05, 0) is 38.0 Å². The van der Waals surface area contributed by atoms with Crippen LogP contribution in [0.4, 0.5) is 5.82 Å². The summed E-state index contributed by atoms with van der Waals surface area (Å²) < 4.78 is 27.7. The number of hydrogen-bond donors (Lipinski definition) is 1. The summed E-state index contributed by atoms with van der Waals surface area (Å²) >= 11 is 6.22. The molecule has 3 aliphatic rings. The third kappa shape index (κ3) is 4.26. The first kappa shape index (κ1) is 22.4. The molecule has 1 N–H and O–H groups in total. The quantitative estimate of drug-likeness (QED) is 0.606. The van der Waals surface area contributed by atoms with Gasteiger partial charge in [0.05, 0.1) is 28.5 Å². The molecule has 3 heterocycles. The van der Waals surface area contributed by atoms with Crippen LogP contribution < -0.4 is 4.90 Å². The van der Waals surface area contributed by atoms with Crippen molar-refractivity contribution in [1.29, 1.82) is 0 Å². The van der Waals surface area contributed by atoms with Gasteiger partial charge in [-0.15, -0.1) is 0 Å². The number of nitrogens with zero attached hydrogens (tertiary/aromatic N) is 4. The van der Waals surface area contributed by atoms with Gasteiger partial charge < -0.3 is 10.0 Å². The van der Waals surface area contributed by atoms with Crippen molar-refractivity contribution in [3.05, 3.63) is 17.4 Å². The van der Waals surface area contributed by atoms with Gasteiger partial charge in [0.1, 0.15) is 5.15 Å². The maximum Gasteiger partial charge on any atom is 0.160 e. The average molecular weight is 481 g/mol. The molecule has 32 heavy (non-hydrogen) atoms. The van der Waals surface area contributed by atoms with Gasteiger partial charge >= 0.3 is 0 Å². The predicted molar refractivity (Wildman–Crippen MR) is 127 cm³/mol. The molecule has 0 unspecified atom stereocenters. The lowest BCUT2D eigenvalue weighted by atomic mass is 9.87. The Labute approximate surface area is 195 Å². The van der Waals surface area contributed by atoms with E-state index in [1.54, 1.807) is 6.20 Å². The fourth-order valence-electron chi connectivity index (χ4n) is 6.06. The standard InChI is InChI=1S/C23H33ClN4O3S/c24-21-11-20-19(12-25-21)22(26-28(20)15-23(16-29)8-3-4-9-23)27-10-7-17(13-27)14-32(30,31)18-5-1-2-6-18/h11-12,17-18,29H,1-10,13-16H2/t17-/m0/s1. The molecular weight excluding hydrogens is 448 g/mol. The Balaban J connectivity index is 1.38. The number of aromatic nitrogens is 3. The van der Waals surface area contributed by atoms with E-state index in [4.69, 9.17) is 16.7 Å². The Kier molecular flexibility index (Phi) is 6.14. The zero-order chi connectivity index (χ0) is 22.3. The monoisotopic (exact) mass is 480 g/mol. The molecule has 2 aromatic heterocycles. The van der Waals surface area contributed by atoms with Gasteiger partial charge in [-0.25, -0.2) is 13.4 Å². The summed E-state index contributed by atoms with van der Waals surface area (Å²) in [6, 6.07) is 1.85. The Bertz CT molecular complexity index is 1070. The molecule has 0 aromatic carbocycles. The van der Waals surface area contributed by atoms with Gasteiger partial charge in [-0.2, -0.15) is 5.10 Å². The zero-order valence-electron chi connectivity index (χ0n) is 18.5. The van der Waals surface area contributed by atoms with Crippen molar-refractivity contribution >= 4 is 38.2 Å². The van der Waals surface area contributed by atoms with Crippen LogP contribution in [-0.2, 0) is 16.4 Å². The highest BCUT2D eigenvalue weighted by atomic mass is 35.5. The molecule has 176 valence electrons. The third-order valence-corrected chi connectivity index (χ3v) is 10.6. The molecule has 3 fully saturated rings. The van der Waals surface area contributed by atoms with Crippen molar-refractivity contribution in [2.24, 2.45) is 11.3 Å². The van der Waals surface area contributed by atoms with Crippen LogP contribution in [0.2, 0.25) is 5.15 Å². The molecular formula is C23H33ClN4O3S. The molecule has 0 amide bonds. The number of aliphatic hydroxyl groups excluding tert-OH is 1. The highest BCUT2D eigenvalue weighted by molar-refractivity contribution is 7.92. The van der Waals surface area contributed by atoms with Gasteiger partial charge in [0.2, 0.25) is 0 Å². The molecule has 0 bridgehead atoms. The molecule has 5 rings (SSSR count). The van der Waals surface area contributed by atoms with Gasteiger partial charge in [0, 0.05) is 37.3 Å². The largest absolute Gasteiger partial charge is 0.396 e. The van der Waals surface area contributed by atoms with Crippen molar-refractivity contribution in [2.45, 2.75) is 69.6 Å². The van der Waals surface area contributed by atoms with Crippen molar-refractivity contribution in [3.8, 4) is 0 Å². The molecule has 2 aliphatic carbocycles. The van der Waals surface area contributed by atoms with Crippen LogP contribution in [0.15, 0.2) is 12.3 Å². The number of anilines is 1. The fourth-order valence-corrected chi connectivity index (χ4v) is 8.47. The van der Waals surface area contributed by atoms with Crippen molar-refractivity contribution < 1.29 is 13.5 Å². The van der Waals surface area contributed by atoms with E-state index in [0.717, 1.165) is 81.1 Å². The van der Waals surface area contributed by atoms with Crippen LogP contribution in [0.1, 0.15) is 57.8 Å². The first-order chi connectivity index (χ1) is 15.4. The number of halogens is 1. The summed E-state index contributed by atoms with van der Waals surface area (Å²) in [7, 11) is -3.03. The van der Waals surface area contributed by atoms with E-state index >= 15 is 0 Å². The lowest BCUT2D eigenvalue weighted by molar-refractivity contribution is 0.109. The number of pyridine rings is 1. The lowest BCUT2D eigenvalue weighted by Gasteiger charge is -2.26. The summed E-state index contributed by atoms with van der Waals surface area (Å²) in [5.41, 5.74) is 0.802. The number of hydrogen-bond acceptors (Lipinski definition) is 6. The lowest BCUT2D eigenvalue weighted by Crippen LogP contribution is -2.29. The summed E-state index contributed by atoms with van der Waals surface area (Å²) in [4.78, 5) is 6.50. The third-order valence-electron chi connectivity index (χ3n) is 7.93. The van der Waals surface area contributed by atoms with E-state index in [-0.39, 0.29) is 28.9 Å². The first-order valence-corrected chi connectivity index (χ1v) is 14.1. The molecule has 9 heteroatoms. The Hall–Kier alpha value is -1.38. The van der Waals surface area contributed by atoms with Crippen LogP contribution in [-0.4, -0.2) is 59.0 Å². The Morgan fingerprint density at radius 3 is 2.62 bits per heavy atom. The minimum atomic E-state index is -3.03. The van der Waals surface area contributed by atoms with Crippen molar-refractivity contribution in [1.82, 2.24) is 14.8 Å². The second-order valence-corrected chi connectivity index (χ2v) is 12.9.